The molecule has 1 amide bonds. The van der Waals surface area contributed by atoms with Crippen LogP contribution in [0.2, 0.25) is 0 Å². The standard InChI is InChI=1S/C15H19N5O/c1-11(2)9-18-14(21)13-6-8-17-15(20-13)19-10-12-5-3-4-7-16-12/h3-8,11H,9-10H2,1-2H3,(H,18,21)(H,17,19,20). The van der Waals surface area contributed by atoms with Gasteiger partial charge in [-0.25, -0.2) is 9.97 Å². The van der Waals surface area contributed by atoms with Crippen molar-refractivity contribution < 1.29 is 4.79 Å². The third-order valence-corrected chi connectivity index (χ3v) is 2.71. The Kier molecular flexibility index (Phi) is 5.20. The summed E-state index contributed by atoms with van der Waals surface area (Å²) in [5.74, 6) is 0.627. The topological polar surface area (TPSA) is 79.8 Å². The maximum atomic E-state index is 11.9. The molecule has 0 aromatic carbocycles. The van der Waals surface area contributed by atoms with Gasteiger partial charge in [-0.05, 0) is 24.1 Å². The van der Waals surface area contributed by atoms with Gasteiger partial charge in [0.1, 0.15) is 5.69 Å². The molecule has 2 rings (SSSR count). The van der Waals surface area contributed by atoms with Crippen LogP contribution in [0.3, 0.4) is 0 Å². The minimum absolute atomic E-state index is 0.188. The Morgan fingerprint density at radius 3 is 2.76 bits per heavy atom. The molecule has 0 aliphatic heterocycles. The third-order valence-electron chi connectivity index (χ3n) is 2.71. The zero-order valence-electron chi connectivity index (χ0n) is 12.2. The van der Waals surface area contributed by atoms with E-state index in [4.69, 9.17) is 0 Å². The number of amides is 1. The fourth-order valence-corrected chi connectivity index (χ4v) is 1.63. The van der Waals surface area contributed by atoms with Gasteiger partial charge in [-0.1, -0.05) is 19.9 Å². The van der Waals surface area contributed by atoms with Crippen LogP contribution in [0.1, 0.15) is 30.0 Å². The van der Waals surface area contributed by atoms with Gasteiger partial charge in [-0.2, -0.15) is 0 Å². The van der Waals surface area contributed by atoms with E-state index in [1.165, 1.54) is 0 Å². The molecule has 2 aromatic heterocycles. The van der Waals surface area contributed by atoms with Crippen molar-refractivity contribution >= 4 is 11.9 Å². The first-order valence-corrected chi connectivity index (χ1v) is 6.90. The quantitative estimate of drug-likeness (QED) is 0.847. The summed E-state index contributed by atoms with van der Waals surface area (Å²) < 4.78 is 0. The van der Waals surface area contributed by atoms with Crippen LogP contribution in [0, 0.1) is 5.92 Å². The first-order chi connectivity index (χ1) is 10.1. The van der Waals surface area contributed by atoms with Gasteiger partial charge < -0.3 is 10.6 Å². The Balaban J connectivity index is 1.96. The Morgan fingerprint density at radius 2 is 2.05 bits per heavy atom. The summed E-state index contributed by atoms with van der Waals surface area (Å²) in [4.78, 5) is 24.4. The summed E-state index contributed by atoms with van der Waals surface area (Å²) in [6.07, 6.45) is 3.30. The molecule has 0 unspecified atom stereocenters. The second-order valence-electron chi connectivity index (χ2n) is 5.04. The summed E-state index contributed by atoms with van der Waals surface area (Å²) >= 11 is 0. The number of nitrogens with zero attached hydrogens (tertiary/aromatic N) is 3. The summed E-state index contributed by atoms with van der Waals surface area (Å²) in [5.41, 5.74) is 1.24. The predicted octanol–water partition coefficient (Wildman–Crippen LogP) is 1.87. The van der Waals surface area contributed by atoms with Crippen molar-refractivity contribution in [1.29, 1.82) is 0 Å². The van der Waals surface area contributed by atoms with Gasteiger partial charge in [0, 0.05) is 18.9 Å². The largest absolute Gasteiger partial charge is 0.350 e. The zero-order chi connectivity index (χ0) is 15.1. The van der Waals surface area contributed by atoms with Crippen LogP contribution in [0.4, 0.5) is 5.95 Å². The van der Waals surface area contributed by atoms with Crippen LogP contribution in [-0.4, -0.2) is 27.4 Å². The van der Waals surface area contributed by atoms with E-state index in [0.717, 1.165) is 5.69 Å². The van der Waals surface area contributed by atoms with Crippen molar-refractivity contribution in [2.45, 2.75) is 20.4 Å². The summed E-state index contributed by atoms with van der Waals surface area (Å²) in [6.45, 7) is 5.22. The molecule has 110 valence electrons. The van der Waals surface area contributed by atoms with E-state index >= 15 is 0 Å². The highest BCUT2D eigenvalue weighted by atomic mass is 16.1. The number of rotatable bonds is 6. The molecule has 2 aromatic rings. The number of hydrogen-bond donors (Lipinski definition) is 2. The Hall–Kier alpha value is -2.50. The zero-order valence-corrected chi connectivity index (χ0v) is 12.2. The maximum Gasteiger partial charge on any atom is 0.270 e. The van der Waals surface area contributed by atoms with E-state index in [1.807, 2.05) is 32.0 Å². The number of pyridine rings is 1. The summed E-state index contributed by atoms with van der Waals surface area (Å²) in [7, 11) is 0. The Bertz CT molecular complexity index is 586. The number of carbonyl (C=O) groups excluding carboxylic acids is 1. The molecule has 0 radical (unpaired) electrons. The van der Waals surface area contributed by atoms with Crippen LogP contribution < -0.4 is 10.6 Å². The first-order valence-electron chi connectivity index (χ1n) is 6.90. The molecular weight excluding hydrogens is 266 g/mol. The highest BCUT2D eigenvalue weighted by Crippen LogP contribution is 2.03. The lowest BCUT2D eigenvalue weighted by Gasteiger charge is -2.08. The molecule has 21 heavy (non-hydrogen) atoms. The maximum absolute atomic E-state index is 11.9. The van der Waals surface area contributed by atoms with Crippen molar-refractivity contribution in [2.75, 3.05) is 11.9 Å². The predicted molar refractivity (Wildman–Crippen MR) is 80.8 cm³/mol. The van der Waals surface area contributed by atoms with Gasteiger partial charge in [-0.3, -0.25) is 9.78 Å². The molecule has 6 nitrogen and oxygen atoms in total. The van der Waals surface area contributed by atoms with Gasteiger partial charge in [0.05, 0.1) is 12.2 Å². The molecule has 0 fully saturated rings. The minimum atomic E-state index is -0.188. The van der Waals surface area contributed by atoms with E-state index < -0.39 is 0 Å². The van der Waals surface area contributed by atoms with E-state index in [1.54, 1.807) is 18.5 Å². The lowest BCUT2D eigenvalue weighted by atomic mass is 10.2. The average Bonchev–Trinajstić information content (AvgIpc) is 2.52. The molecule has 2 N–H and O–H groups in total. The summed E-state index contributed by atoms with van der Waals surface area (Å²) in [5, 5.41) is 5.89. The fraction of sp³-hybridized carbons (Fsp3) is 0.333. The lowest BCUT2D eigenvalue weighted by Crippen LogP contribution is -2.28. The molecule has 2 heterocycles. The first kappa shape index (κ1) is 14.9. The van der Waals surface area contributed by atoms with E-state index in [2.05, 4.69) is 25.6 Å². The van der Waals surface area contributed by atoms with Crippen LogP contribution in [-0.2, 0) is 6.54 Å². The van der Waals surface area contributed by atoms with Gasteiger partial charge in [0.25, 0.3) is 5.91 Å². The molecule has 0 atom stereocenters. The molecule has 0 aliphatic carbocycles. The number of anilines is 1. The minimum Gasteiger partial charge on any atom is -0.350 e. The highest BCUT2D eigenvalue weighted by Gasteiger charge is 2.09. The van der Waals surface area contributed by atoms with Gasteiger partial charge in [0.15, 0.2) is 0 Å². The Labute approximate surface area is 124 Å². The second kappa shape index (κ2) is 7.33. The van der Waals surface area contributed by atoms with Gasteiger partial charge in [0.2, 0.25) is 5.95 Å². The number of hydrogen-bond acceptors (Lipinski definition) is 5. The van der Waals surface area contributed by atoms with E-state index in [9.17, 15) is 4.79 Å². The molecular formula is C15H19N5O. The molecule has 6 heteroatoms. The van der Waals surface area contributed by atoms with Gasteiger partial charge in [-0.15, -0.1) is 0 Å². The van der Waals surface area contributed by atoms with E-state index in [-0.39, 0.29) is 5.91 Å². The monoisotopic (exact) mass is 285 g/mol. The number of aromatic nitrogens is 3. The van der Waals surface area contributed by atoms with Crippen LogP contribution in [0.5, 0.6) is 0 Å². The lowest BCUT2D eigenvalue weighted by molar-refractivity contribution is 0.0944. The third kappa shape index (κ3) is 4.83. The molecule has 0 saturated heterocycles. The molecule has 0 bridgehead atoms. The fourth-order valence-electron chi connectivity index (χ4n) is 1.63. The average molecular weight is 285 g/mol. The highest BCUT2D eigenvalue weighted by molar-refractivity contribution is 5.92. The number of carbonyl (C=O) groups is 1. The molecule has 0 saturated carbocycles. The van der Waals surface area contributed by atoms with Crippen molar-refractivity contribution in [3.63, 3.8) is 0 Å². The van der Waals surface area contributed by atoms with Crippen molar-refractivity contribution in [1.82, 2.24) is 20.3 Å². The molecule has 0 aliphatic rings. The van der Waals surface area contributed by atoms with Crippen LogP contribution in [0.25, 0.3) is 0 Å². The van der Waals surface area contributed by atoms with Crippen molar-refractivity contribution in [3.05, 3.63) is 48.0 Å². The van der Waals surface area contributed by atoms with Crippen molar-refractivity contribution in [3.8, 4) is 0 Å². The smallest absolute Gasteiger partial charge is 0.270 e. The number of nitrogens with one attached hydrogen (secondary N) is 2. The normalized spacial score (nSPS) is 10.4. The Morgan fingerprint density at radius 1 is 1.19 bits per heavy atom. The molecule has 0 spiro atoms. The van der Waals surface area contributed by atoms with Crippen molar-refractivity contribution in [2.24, 2.45) is 5.92 Å². The SMILES string of the molecule is CC(C)CNC(=O)c1ccnc(NCc2ccccn2)n1. The van der Waals surface area contributed by atoms with E-state index in [0.29, 0.717) is 30.6 Å². The van der Waals surface area contributed by atoms with Gasteiger partial charge >= 0.3 is 0 Å². The van der Waals surface area contributed by atoms with Crippen LogP contribution >= 0.6 is 0 Å². The summed E-state index contributed by atoms with van der Waals surface area (Å²) in [6, 6.07) is 7.29. The second-order valence-corrected chi connectivity index (χ2v) is 5.04. The van der Waals surface area contributed by atoms with Crippen LogP contribution in [0.15, 0.2) is 36.7 Å².